The standard InChI is InChI=1S/C36H22N4O/c1-3-11-25(12-4-1)33-38-34(28-19-18-23-10-7-8-15-27(23)22-28)40-35(39-33)29-17-9-16-24-20-21-30-32(31(24)29)41-36(37-30)26-13-5-2-6-14-26/h1-22H. The Balaban J connectivity index is 1.38. The molecule has 192 valence electrons. The average Bonchev–Trinajstić information content (AvgIpc) is 3.50. The minimum atomic E-state index is 0.581. The van der Waals surface area contributed by atoms with Crippen molar-refractivity contribution in [3.8, 4) is 45.6 Å². The molecule has 0 saturated carbocycles. The highest BCUT2D eigenvalue weighted by Crippen LogP contribution is 2.36. The van der Waals surface area contributed by atoms with Gasteiger partial charge >= 0.3 is 0 Å². The maximum atomic E-state index is 6.43. The third kappa shape index (κ3) is 4.12. The van der Waals surface area contributed by atoms with E-state index < -0.39 is 0 Å². The van der Waals surface area contributed by atoms with E-state index >= 15 is 0 Å². The van der Waals surface area contributed by atoms with Crippen LogP contribution in [-0.2, 0) is 0 Å². The highest BCUT2D eigenvalue weighted by molar-refractivity contribution is 6.10. The van der Waals surface area contributed by atoms with Crippen molar-refractivity contribution in [2.75, 3.05) is 0 Å². The number of fused-ring (bicyclic) bond motifs is 4. The zero-order chi connectivity index (χ0) is 27.2. The van der Waals surface area contributed by atoms with Crippen molar-refractivity contribution in [2.45, 2.75) is 0 Å². The van der Waals surface area contributed by atoms with Crippen molar-refractivity contribution < 1.29 is 4.42 Å². The lowest BCUT2D eigenvalue weighted by Crippen LogP contribution is -2.00. The van der Waals surface area contributed by atoms with Gasteiger partial charge in [0.25, 0.3) is 0 Å². The third-order valence-electron chi connectivity index (χ3n) is 7.33. The van der Waals surface area contributed by atoms with Gasteiger partial charge in [0.15, 0.2) is 23.1 Å². The second kappa shape index (κ2) is 9.50. The minimum Gasteiger partial charge on any atom is -0.435 e. The summed E-state index contributed by atoms with van der Waals surface area (Å²) in [5, 5.41) is 4.26. The van der Waals surface area contributed by atoms with Crippen LogP contribution in [0.3, 0.4) is 0 Å². The van der Waals surface area contributed by atoms with Gasteiger partial charge in [-0.25, -0.2) is 19.9 Å². The fourth-order valence-corrected chi connectivity index (χ4v) is 5.32. The first-order valence-electron chi connectivity index (χ1n) is 13.5. The van der Waals surface area contributed by atoms with Crippen molar-refractivity contribution >= 4 is 32.6 Å². The Morgan fingerprint density at radius 1 is 0.415 bits per heavy atom. The predicted molar refractivity (Wildman–Crippen MR) is 164 cm³/mol. The number of benzene rings is 6. The molecule has 0 N–H and O–H groups in total. The Labute approximate surface area is 235 Å². The molecular formula is C36H22N4O. The van der Waals surface area contributed by atoms with E-state index in [1.165, 1.54) is 5.39 Å². The Morgan fingerprint density at radius 3 is 1.85 bits per heavy atom. The lowest BCUT2D eigenvalue weighted by molar-refractivity contribution is 0.623. The summed E-state index contributed by atoms with van der Waals surface area (Å²) < 4.78 is 6.43. The molecule has 0 radical (unpaired) electrons. The number of rotatable bonds is 4. The van der Waals surface area contributed by atoms with Crippen molar-refractivity contribution in [1.82, 2.24) is 19.9 Å². The van der Waals surface area contributed by atoms with Crippen LogP contribution in [0.5, 0.6) is 0 Å². The number of oxazole rings is 1. The smallest absolute Gasteiger partial charge is 0.227 e. The summed E-state index contributed by atoms with van der Waals surface area (Å²) in [6.07, 6.45) is 0. The normalized spacial score (nSPS) is 11.4. The van der Waals surface area contributed by atoms with Gasteiger partial charge < -0.3 is 4.42 Å². The molecule has 0 aliphatic heterocycles. The molecule has 0 aliphatic rings. The molecule has 0 amide bonds. The molecule has 8 rings (SSSR count). The summed E-state index contributed by atoms with van der Waals surface area (Å²) >= 11 is 0. The lowest BCUT2D eigenvalue weighted by Gasteiger charge is -2.11. The van der Waals surface area contributed by atoms with Crippen LogP contribution in [0.25, 0.3) is 78.3 Å². The van der Waals surface area contributed by atoms with E-state index in [-0.39, 0.29) is 0 Å². The van der Waals surface area contributed by atoms with Crippen LogP contribution in [0, 0.1) is 0 Å². The quantitative estimate of drug-likeness (QED) is 0.229. The topological polar surface area (TPSA) is 64.7 Å². The molecule has 0 bridgehead atoms. The predicted octanol–water partition coefficient (Wildman–Crippen LogP) is 8.99. The number of hydrogen-bond donors (Lipinski definition) is 0. The van der Waals surface area contributed by atoms with Gasteiger partial charge in [-0.2, -0.15) is 0 Å². The zero-order valence-electron chi connectivity index (χ0n) is 21.9. The van der Waals surface area contributed by atoms with Crippen molar-refractivity contribution in [3.63, 3.8) is 0 Å². The molecule has 0 spiro atoms. The van der Waals surface area contributed by atoms with E-state index in [0.29, 0.717) is 28.9 Å². The van der Waals surface area contributed by atoms with Crippen LogP contribution in [-0.4, -0.2) is 19.9 Å². The Morgan fingerprint density at radius 2 is 1.05 bits per heavy atom. The van der Waals surface area contributed by atoms with Crippen LogP contribution < -0.4 is 0 Å². The van der Waals surface area contributed by atoms with Gasteiger partial charge in [-0.1, -0.05) is 109 Å². The van der Waals surface area contributed by atoms with Gasteiger partial charge in [0, 0.05) is 27.6 Å². The molecule has 41 heavy (non-hydrogen) atoms. The first-order valence-corrected chi connectivity index (χ1v) is 13.5. The molecule has 0 saturated heterocycles. The summed E-state index contributed by atoms with van der Waals surface area (Å²) in [6, 6.07) is 44.8. The first kappa shape index (κ1) is 23.2. The number of hydrogen-bond acceptors (Lipinski definition) is 5. The second-order valence-corrected chi connectivity index (χ2v) is 9.94. The molecule has 0 atom stereocenters. The van der Waals surface area contributed by atoms with E-state index in [1.807, 2.05) is 91.0 Å². The summed E-state index contributed by atoms with van der Waals surface area (Å²) in [7, 11) is 0. The third-order valence-corrected chi connectivity index (χ3v) is 7.33. The molecule has 5 nitrogen and oxygen atoms in total. The summed E-state index contributed by atoms with van der Waals surface area (Å²) in [5.74, 6) is 2.40. The monoisotopic (exact) mass is 526 g/mol. The maximum absolute atomic E-state index is 6.43. The largest absolute Gasteiger partial charge is 0.435 e. The van der Waals surface area contributed by atoms with E-state index in [0.717, 1.165) is 43.9 Å². The maximum Gasteiger partial charge on any atom is 0.227 e. The molecular weight excluding hydrogens is 504 g/mol. The van der Waals surface area contributed by atoms with Gasteiger partial charge in [0.05, 0.1) is 0 Å². The van der Waals surface area contributed by atoms with E-state index in [1.54, 1.807) is 0 Å². The second-order valence-electron chi connectivity index (χ2n) is 9.94. The highest BCUT2D eigenvalue weighted by Gasteiger charge is 2.18. The van der Waals surface area contributed by atoms with Crippen molar-refractivity contribution in [1.29, 1.82) is 0 Å². The van der Waals surface area contributed by atoms with Gasteiger partial charge in [-0.3, -0.25) is 0 Å². The average molecular weight is 527 g/mol. The molecule has 0 unspecified atom stereocenters. The zero-order valence-corrected chi connectivity index (χ0v) is 21.9. The molecule has 6 aromatic carbocycles. The Bertz CT molecular complexity index is 2210. The van der Waals surface area contributed by atoms with Crippen molar-refractivity contribution in [2.24, 2.45) is 0 Å². The number of aromatic nitrogens is 4. The van der Waals surface area contributed by atoms with Crippen LogP contribution in [0.15, 0.2) is 138 Å². The van der Waals surface area contributed by atoms with Gasteiger partial charge in [-0.15, -0.1) is 0 Å². The molecule has 5 heteroatoms. The fourth-order valence-electron chi connectivity index (χ4n) is 5.32. The Hall–Kier alpha value is -5.68. The SMILES string of the molecule is c1ccc(-c2nc(-c3ccc4ccccc4c3)nc(-c3cccc4ccc5nc(-c6ccccc6)oc5c34)n2)cc1. The highest BCUT2D eigenvalue weighted by atomic mass is 16.3. The molecule has 0 aliphatic carbocycles. The minimum absolute atomic E-state index is 0.581. The van der Waals surface area contributed by atoms with Crippen LogP contribution >= 0.6 is 0 Å². The van der Waals surface area contributed by atoms with Crippen LogP contribution in [0.1, 0.15) is 0 Å². The Kier molecular flexibility index (Phi) is 5.38. The molecule has 0 fully saturated rings. The number of nitrogens with zero attached hydrogens (tertiary/aromatic N) is 4. The van der Waals surface area contributed by atoms with Gasteiger partial charge in [0.2, 0.25) is 5.89 Å². The van der Waals surface area contributed by atoms with Gasteiger partial charge in [0.1, 0.15) is 5.52 Å². The van der Waals surface area contributed by atoms with E-state index in [9.17, 15) is 0 Å². The summed E-state index contributed by atoms with van der Waals surface area (Å²) in [5.41, 5.74) is 5.15. The van der Waals surface area contributed by atoms with Gasteiger partial charge in [-0.05, 0) is 40.4 Å². The van der Waals surface area contributed by atoms with Crippen LogP contribution in [0.2, 0.25) is 0 Å². The summed E-state index contributed by atoms with van der Waals surface area (Å²) in [4.78, 5) is 19.8. The molecule has 8 aromatic rings. The van der Waals surface area contributed by atoms with Crippen LogP contribution in [0.4, 0.5) is 0 Å². The van der Waals surface area contributed by atoms with E-state index in [4.69, 9.17) is 24.4 Å². The molecule has 2 aromatic heterocycles. The summed E-state index contributed by atoms with van der Waals surface area (Å²) in [6.45, 7) is 0. The van der Waals surface area contributed by atoms with E-state index in [2.05, 4.69) is 42.5 Å². The first-order chi connectivity index (χ1) is 20.3. The lowest BCUT2D eigenvalue weighted by atomic mass is 10.0. The molecule has 2 heterocycles. The van der Waals surface area contributed by atoms with Crippen molar-refractivity contribution in [3.05, 3.63) is 133 Å². The fraction of sp³-hybridized carbons (Fsp3) is 0.